The number of halogens is 12. The third-order valence-corrected chi connectivity index (χ3v) is 13.9. The van der Waals surface area contributed by atoms with Gasteiger partial charge in [-0.3, -0.25) is 14.4 Å². The van der Waals surface area contributed by atoms with Gasteiger partial charge in [0.25, 0.3) is 17.7 Å². The zero-order valence-electron chi connectivity index (χ0n) is 40.8. The highest BCUT2D eigenvalue weighted by Gasteiger charge is 2.79. The number of benzene rings is 4. The van der Waals surface area contributed by atoms with Crippen LogP contribution in [0.4, 0.5) is 64.1 Å². The van der Waals surface area contributed by atoms with Crippen molar-refractivity contribution in [2.45, 2.75) is 121 Å². The summed E-state index contributed by atoms with van der Waals surface area (Å²) in [4.78, 5) is 77.2. The van der Waals surface area contributed by atoms with Crippen LogP contribution in [0.15, 0.2) is 78.9 Å². The third kappa shape index (κ3) is 10.9. The second-order valence-corrected chi connectivity index (χ2v) is 18.1. The molecule has 12 nitrogen and oxygen atoms in total. The lowest BCUT2D eigenvalue weighted by Crippen LogP contribution is -2.65. The van der Waals surface area contributed by atoms with Gasteiger partial charge >= 0.3 is 42.6 Å². The van der Waals surface area contributed by atoms with Crippen LogP contribution in [0, 0.1) is 5.41 Å². The predicted octanol–water partition coefficient (Wildman–Crippen LogP) is 13.1. The van der Waals surface area contributed by atoms with E-state index in [4.69, 9.17) is 0 Å². The maximum absolute atomic E-state index is 16.0. The van der Waals surface area contributed by atoms with E-state index in [0.29, 0.717) is 43.3 Å². The number of unbranched alkanes of at least 4 members (excludes halogenated alkanes) is 1. The number of hydrogen-bond acceptors (Lipinski definition) is 6. The molecule has 75 heavy (non-hydrogen) atoms. The fraction of sp³-hybridized carbons (Fsp3) is 0.412. The van der Waals surface area contributed by atoms with Crippen molar-refractivity contribution < 1.29 is 96.8 Å². The molecule has 0 bridgehead atoms. The van der Waals surface area contributed by atoms with Gasteiger partial charge in [-0.15, -0.1) is 0 Å². The van der Waals surface area contributed by atoms with Crippen molar-refractivity contribution in [3.05, 3.63) is 129 Å². The van der Waals surface area contributed by atoms with Crippen LogP contribution < -0.4 is 16.0 Å². The van der Waals surface area contributed by atoms with Crippen molar-refractivity contribution in [3.63, 3.8) is 0 Å². The number of alkyl halides is 12. The number of carbonyl (C=O) groups excluding carboxylic acids is 3. The number of amides is 3. The molecule has 6 N–H and O–H groups in total. The standard InChI is InChI=1S/C51H51F12N3O9/c1-7-10-23-44(4,27-11-18-32(41(70)71)35(24-27)38(67)64-6)47(50(58,59)60,51(61,62)63)29-13-20-34(43(74)75)37(26-29)40(69)66-31-16-14-30(15-17-31)65-39(68)36-25-28(12-19-33(36)42(72)73)46(21-8-2,22-9-3)45(5,48(52,53)54)49(55,56)57/h11-20,24-26H,7-10,21-23H2,1-6H3,(H,64,67)(H,65,68)(H,66,69)(H,70,71)(H,72,73)(H,74,75). The molecule has 0 radical (unpaired) electrons. The summed E-state index contributed by atoms with van der Waals surface area (Å²) >= 11 is 0. The number of carboxylic acid groups (broad SMARTS) is 3. The van der Waals surface area contributed by atoms with Gasteiger partial charge in [0, 0.05) is 29.3 Å². The summed E-state index contributed by atoms with van der Waals surface area (Å²) in [6.07, 6.45) is -27.5. The molecule has 408 valence electrons. The van der Waals surface area contributed by atoms with Crippen molar-refractivity contribution >= 4 is 47.0 Å². The Balaban J connectivity index is 1.87. The quantitative estimate of drug-likeness (QED) is 0.0466. The highest BCUT2D eigenvalue weighted by atomic mass is 19.4. The Morgan fingerprint density at radius 3 is 1.12 bits per heavy atom. The molecule has 4 aromatic carbocycles. The van der Waals surface area contributed by atoms with Crippen LogP contribution in [0.2, 0.25) is 0 Å². The Morgan fingerprint density at radius 2 is 0.787 bits per heavy atom. The SMILES string of the molecule is CCCCC(C)(c1ccc(C(=O)O)c(C(=O)NC)c1)C(c1ccc(C(=O)O)c(C(=O)Nc2ccc(NC(=O)c3cc(C(CCC)(CCC)C(C)(C(F)(F)F)C(F)(F)F)ccc3C(=O)O)cc2)c1)(C(F)(F)F)C(F)(F)F. The zero-order chi connectivity index (χ0) is 57.1. The van der Waals surface area contributed by atoms with Crippen LogP contribution in [0.3, 0.4) is 0 Å². The molecular weight excluding hydrogens is 1030 g/mol. The molecule has 0 aliphatic heterocycles. The number of aromatic carboxylic acids is 3. The highest BCUT2D eigenvalue weighted by Crippen LogP contribution is 2.65. The summed E-state index contributed by atoms with van der Waals surface area (Å²) in [5.74, 6) is -9.60. The third-order valence-electron chi connectivity index (χ3n) is 13.9. The average Bonchev–Trinajstić information content (AvgIpc) is 3.31. The van der Waals surface area contributed by atoms with E-state index in [1.165, 1.54) is 20.8 Å². The first-order valence-electron chi connectivity index (χ1n) is 22.9. The van der Waals surface area contributed by atoms with E-state index >= 15 is 26.3 Å². The molecule has 0 saturated heterocycles. The zero-order valence-corrected chi connectivity index (χ0v) is 40.8. The molecule has 0 aliphatic carbocycles. The molecule has 0 heterocycles. The van der Waals surface area contributed by atoms with Gasteiger partial charge in [-0.2, -0.15) is 52.7 Å². The summed E-state index contributed by atoms with van der Waals surface area (Å²) in [6.45, 7) is 4.76. The summed E-state index contributed by atoms with van der Waals surface area (Å²) in [5.41, 5.74) is -24.7. The minimum absolute atomic E-state index is 0.00350. The van der Waals surface area contributed by atoms with E-state index < -0.39 is 151 Å². The normalized spacial score (nSPS) is 13.6. The molecule has 0 aliphatic rings. The molecular formula is C51H51F12N3O9. The Labute approximate surface area is 420 Å². The molecule has 0 aromatic heterocycles. The number of carboxylic acids is 3. The summed E-state index contributed by atoms with van der Waals surface area (Å²) in [5, 5.41) is 36.2. The van der Waals surface area contributed by atoms with Gasteiger partial charge in [-0.25, -0.2) is 14.4 Å². The number of anilines is 2. The number of nitrogens with one attached hydrogen (secondary N) is 3. The molecule has 24 heteroatoms. The first-order valence-corrected chi connectivity index (χ1v) is 22.9. The largest absolute Gasteiger partial charge is 0.478 e. The van der Waals surface area contributed by atoms with E-state index in [0.717, 1.165) is 37.4 Å². The van der Waals surface area contributed by atoms with Crippen LogP contribution in [-0.2, 0) is 16.2 Å². The van der Waals surface area contributed by atoms with Crippen molar-refractivity contribution in [1.82, 2.24) is 5.32 Å². The monoisotopic (exact) mass is 1080 g/mol. The smallest absolute Gasteiger partial charge is 0.408 e. The molecule has 0 saturated carbocycles. The van der Waals surface area contributed by atoms with Crippen LogP contribution >= 0.6 is 0 Å². The average molecular weight is 1080 g/mol. The molecule has 0 fully saturated rings. The first-order chi connectivity index (χ1) is 34.5. The summed E-state index contributed by atoms with van der Waals surface area (Å²) < 4.78 is 184. The summed E-state index contributed by atoms with van der Waals surface area (Å²) in [6, 6.07) is 8.69. The van der Waals surface area contributed by atoms with E-state index in [-0.39, 0.29) is 56.1 Å². The lowest BCUT2D eigenvalue weighted by atomic mass is 9.54. The maximum atomic E-state index is 16.0. The molecule has 0 spiro atoms. The van der Waals surface area contributed by atoms with Gasteiger partial charge in [0.2, 0.25) is 0 Å². The van der Waals surface area contributed by atoms with Crippen molar-refractivity contribution in [2.24, 2.45) is 5.41 Å². The molecule has 1 atom stereocenters. The fourth-order valence-electron chi connectivity index (χ4n) is 10.1. The second kappa shape index (κ2) is 22.0. The van der Waals surface area contributed by atoms with Crippen LogP contribution in [0.1, 0.15) is 158 Å². The van der Waals surface area contributed by atoms with Gasteiger partial charge in [0.1, 0.15) is 0 Å². The lowest BCUT2D eigenvalue weighted by molar-refractivity contribution is -0.359. The number of rotatable bonds is 20. The second-order valence-electron chi connectivity index (χ2n) is 18.1. The maximum Gasteiger partial charge on any atom is 0.408 e. The Hall–Kier alpha value is -7.14. The molecule has 4 aromatic rings. The Kier molecular flexibility index (Phi) is 17.7. The number of carbonyl (C=O) groups is 6. The van der Waals surface area contributed by atoms with Crippen molar-refractivity contribution in [1.29, 1.82) is 0 Å². The first kappa shape index (κ1) is 60.4. The van der Waals surface area contributed by atoms with Crippen LogP contribution in [0.5, 0.6) is 0 Å². The van der Waals surface area contributed by atoms with Crippen LogP contribution in [-0.4, -0.2) is 82.7 Å². The van der Waals surface area contributed by atoms with E-state index in [2.05, 4.69) is 16.0 Å². The van der Waals surface area contributed by atoms with Gasteiger partial charge in [-0.05, 0) is 104 Å². The molecule has 1 unspecified atom stereocenters. The fourth-order valence-corrected chi connectivity index (χ4v) is 10.1. The molecule has 4 rings (SSSR count). The summed E-state index contributed by atoms with van der Waals surface area (Å²) in [7, 11) is 1.04. The minimum Gasteiger partial charge on any atom is -0.478 e. The predicted molar refractivity (Wildman–Crippen MR) is 248 cm³/mol. The number of hydrogen-bond donors (Lipinski definition) is 6. The van der Waals surface area contributed by atoms with Gasteiger partial charge < -0.3 is 31.3 Å². The topological polar surface area (TPSA) is 199 Å². The van der Waals surface area contributed by atoms with E-state index in [1.54, 1.807) is 0 Å². The van der Waals surface area contributed by atoms with Gasteiger partial charge in [0.15, 0.2) is 10.8 Å². The Bertz CT molecular complexity index is 2790. The Morgan fingerprint density at radius 1 is 0.440 bits per heavy atom. The lowest BCUT2D eigenvalue weighted by Gasteiger charge is -2.51. The van der Waals surface area contributed by atoms with Gasteiger partial charge in [-0.1, -0.05) is 71.6 Å². The van der Waals surface area contributed by atoms with Crippen LogP contribution in [0.25, 0.3) is 0 Å². The van der Waals surface area contributed by atoms with Crippen molar-refractivity contribution in [2.75, 3.05) is 17.7 Å². The van der Waals surface area contributed by atoms with E-state index in [1.807, 2.05) is 0 Å². The minimum atomic E-state index is -6.33. The highest BCUT2D eigenvalue weighted by molar-refractivity contribution is 6.12. The van der Waals surface area contributed by atoms with E-state index in [9.17, 15) is 70.4 Å². The van der Waals surface area contributed by atoms with Crippen molar-refractivity contribution in [3.8, 4) is 0 Å². The van der Waals surface area contributed by atoms with Gasteiger partial charge in [0.05, 0.1) is 33.4 Å². The molecule has 3 amide bonds.